The van der Waals surface area contributed by atoms with Crippen molar-refractivity contribution in [1.29, 1.82) is 0 Å². The second kappa shape index (κ2) is 5.97. The molecule has 2 aromatic rings. The molecule has 1 amide bonds. The van der Waals surface area contributed by atoms with E-state index >= 15 is 0 Å². The van der Waals surface area contributed by atoms with E-state index in [4.69, 9.17) is 0 Å². The lowest BCUT2D eigenvalue weighted by molar-refractivity contribution is 0.101. The van der Waals surface area contributed by atoms with Crippen LogP contribution in [0, 0.1) is 0 Å². The molecule has 0 spiro atoms. The van der Waals surface area contributed by atoms with Crippen molar-refractivity contribution in [2.45, 2.75) is 0 Å². The van der Waals surface area contributed by atoms with Crippen molar-refractivity contribution >= 4 is 17.4 Å². The molecule has 2 aromatic heterocycles. The summed E-state index contributed by atoms with van der Waals surface area (Å²) in [5.41, 5.74) is 1.70. The monoisotopic (exact) mass is 285 g/mol. The first-order valence-electron chi connectivity index (χ1n) is 7.08. The first-order valence-corrected chi connectivity index (χ1v) is 7.08. The highest BCUT2D eigenvalue weighted by atomic mass is 16.2. The molecule has 2 N–H and O–H groups in total. The van der Waals surface area contributed by atoms with E-state index in [1.165, 1.54) is 0 Å². The molecule has 110 valence electrons. The van der Waals surface area contributed by atoms with Crippen LogP contribution >= 0.6 is 0 Å². The summed E-state index contributed by atoms with van der Waals surface area (Å²) in [6, 6.07) is 7.47. The van der Waals surface area contributed by atoms with Crippen molar-refractivity contribution in [3.63, 3.8) is 0 Å². The molecule has 21 heavy (non-hydrogen) atoms. The number of anilines is 2. The molecular formula is C15H19N5O. The second-order valence-corrected chi connectivity index (χ2v) is 5.10. The van der Waals surface area contributed by atoms with Gasteiger partial charge < -0.3 is 20.1 Å². The Hall–Kier alpha value is -2.34. The Balaban J connectivity index is 1.67. The molecule has 3 rings (SSSR count). The molecule has 0 aromatic carbocycles. The molecule has 6 heteroatoms. The van der Waals surface area contributed by atoms with E-state index in [0.29, 0.717) is 11.5 Å². The lowest BCUT2D eigenvalue weighted by Crippen LogP contribution is -2.43. The molecular weight excluding hydrogens is 266 g/mol. The fourth-order valence-electron chi connectivity index (χ4n) is 2.45. The number of pyridine rings is 1. The van der Waals surface area contributed by atoms with E-state index in [1.807, 2.05) is 37.6 Å². The highest BCUT2D eigenvalue weighted by molar-refractivity contribution is 6.02. The van der Waals surface area contributed by atoms with Crippen LogP contribution in [0.5, 0.6) is 0 Å². The summed E-state index contributed by atoms with van der Waals surface area (Å²) < 4.78 is 1.78. The standard InChI is InChI=1S/C15H19N5O/c1-19-8-2-3-13(19)15(21)18-14-5-4-12(11-17-14)20-9-6-16-7-10-20/h2-5,8,11,16H,6-7,9-10H2,1H3,(H,17,18,21). The minimum atomic E-state index is -0.148. The Kier molecular flexibility index (Phi) is 3.87. The highest BCUT2D eigenvalue weighted by Gasteiger charge is 2.12. The first-order chi connectivity index (χ1) is 10.2. The lowest BCUT2D eigenvalue weighted by Gasteiger charge is -2.29. The van der Waals surface area contributed by atoms with Crippen LogP contribution in [0.25, 0.3) is 0 Å². The molecule has 0 bridgehead atoms. The van der Waals surface area contributed by atoms with Gasteiger partial charge in [-0.2, -0.15) is 0 Å². The van der Waals surface area contributed by atoms with Crippen LogP contribution in [0.3, 0.4) is 0 Å². The van der Waals surface area contributed by atoms with Gasteiger partial charge >= 0.3 is 0 Å². The molecule has 1 fully saturated rings. The Labute approximate surface area is 123 Å². The van der Waals surface area contributed by atoms with Crippen LogP contribution in [-0.2, 0) is 7.05 Å². The zero-order valence-electron chi connectivity index (χ0n) is 12.0. The number of nitrogens with zero attached hydrogens (tertiary/aromatic N) is 3. The maximum Gasteiger partial charge on any atom is 0.273 e. The van der Waals surface area contributed by atoms with E-state index in [9.17, 15) is 4.79 Å². The van der Waals surface area contributed by atoms with Gasteiger partial charge in [0.2, 0.25) is 0 Å². The molecule has 0 aliphatic carbocycles. The molecule has 1 aliphatic rings. The SMILES string of the molecule is Cn1cccc1C(=O)Nc1ccc(N2CCNCC2)cn1. The topological polar surface area (TPSA) is 62.2 Å². The third-order valence-electron chi connectivity index (χ3n) is 3.65. The summed E-state index contributed by atoms with van der Waals surface area (Å²) in [4.78, 5) is 18.7. The van der Waals surface area contributed by atoms with E-state index in [1.54, 1.807) is 10.6 Å². The van der Waals surface area contributed by atoms with Crippen molar-refractivity contribution in [2.24, 2.45) is 7.05 Å². The zero-order valence-corrected chi connectivity index (χ0v) is 12.0. The van der Waals surface area contributed by atoms with Gasteiger partial charge in [0.15, 0.2) is 0 Å². The van der Waals surface area contributed by atoms with Crippen molar-refractivity contribution < 1.29 is 4.79 Å². The van der Waals surface area contributed by atoms with Crippen LogP contribution in [0.4, 0.5) is 11.5 Å². The normalized spacial score (nSPS) is 15.0. The van der Waals surface area contributed by atoms with Gasteiger partial charge in [0, 0.05) is 39.4 Å². The van der Waals surface area contributed by atoms with Crippen LogP contribution < -0.4 is 15.5 Å². The third kappa shape index (κ3) is 3.05. The summed E-state index contributed by atoms with van der Waals surface area (Å²) in [7, 11) is 1.84. The maximum absolute atomic E-state index is 12.1. The number of piperazine rings is 1. The summed E-state index contributed by atoms with van der Waals surface area (Å²) in [5, 5.41) is 6.14. The minimum absolute atomic E-state index is 0.148. The molecule has 3 heterocycles. The number of aryl methyl sites for hydroxylation is 1. The van der Waals surface area contributed by atoms with Crippen LogP contribution in [0.2, 0.25) is 0 Å². The van der Waals surface area contributed by atoms with Gasteiger partial charge in [0.1, 0.15) is 11.5 Å². The number of hydrogen-bond acceptors (Lipinski definition) is 4. The van der Waals surface area contributed by atoms with Crippen molar-refractivity contribution in [2.75, 3.05) is 36.4 Å². The summed E-state index contributed by atoms with van der Waals surface area (Å²) in [6.07, 6.45) is 3.65. The largest absolute Gasteiger partial charge is 0.368 e. The van der Waals surface area contributed by atoms with Gasteiger partial charge in [0.05, 0.1) is 11.9 Å². The predicted octanol–water partition coefficient (Wildman–Crippen LogP) is 1.08. The number of amides is 1. The Morgan fingerprint density at radius 1 is 1.29 bits per heavy atom. The smallest absolute Gasteiger partial charge is 0.273 e. The molecule has 0 saturated carbocycles. The van der Waals surface area contributed by atoms with E-state index < -0.39 is 0 Å². The molecule has 6 nitrogen and oxygen atoms in total. The average molecular weight is 285 g/mol. The quantitative estimate of drug-likeness (QED) is 0.886. The summed E-state index contributed by atoms with van der Waals surface area (Å²) in [6.45, 7) is 3.95. The zero-order chi connectivity index (χ0) is 14.7. The molecule has 0 unspecified atom stereocenters. The Morgan fingerprint density at radius 3 is 2.71 bits per heavy atom. The minimum Gasteiger partial charge on any atom is -0.368 e. The van der Waals surface area contributed by atoms with Gasteiger partial charge in [-0.1, -0.05) is 0 Å². The first kappa shape index (κ1) is 13.6. The number of carbonyl (C=O) groups excluding carboxylic acids is 1. The van der Waals surface area contributed by atoms with E-state index in [2.05, 4.69) is 20.5 Å². The van der Waals surface area contributed by atoms with Gasteiger partial charge in [-0.05, 0) is 24.3 Å². The van der Waals surface area contributed by atoms with E-state index in [-0.39, 0.29) is 5.91 Å². The molecule has 1 aliphatic heterocycles. The molecule has 1 saturated heterocycles. The number of rotatable bonds is 3. The maximum atomic E-state index is 12.1. The van der Waals surface area contributed by atoms with Gasteiger partial charge in [-0.3, -0.25) is 4.79 Å². The van der Waals surface area contributed by atoms with Crippen molar-refractivity contribution in [3.05, 3.63) is 42.4 Å². The summed E-state index contributed by atoms with van der Waals surface area (Å²) in [5.74, 6) is 0.421. The van der Waals surface area contributed by atoms with Crippen molar-refractivity contribution in [3.8, 4) is 0 Å². The lowest BCUT2D eigenvalue weighted by atomic mass is 10.3. The predicted molar refractivity (Wildman–Crippen MR) is 82.7 cm³/mol. The molecule has 0 atom stereocenters. The third-order valence-corrected chi connectivity index (χ3v) is 3.65. The summed E-state index contributed by atoms with van der Waals surface area (Å²) >= 11 is 0. The number of aromatic nitrogens is 2. The molecule has 0 radical (unpaired) electrons. The van der Waals surface area contributed by atoms with Crippen LogP contribution in [-0.4, -0.2) is 41.6 Å². The second-order valence-electron chi connectivity index (χ2n) is 5.10. The van der Waals surface area contributed by atoms with Crippen LogP contribution in [0.1, 0.15) is 10.5 Å². The number of hydrogen-bond donors (Lipinski definition) is 2. The number of nitrogens with one attached hydrogen (secondary N) is 2. The van der Waals surface area contributed by atoms with Gasteiger partial charge in [0.25, 0.3) is 5.91 Å². The van der Waals surface area contributed by atoms with E-state index in [0.717, 1.165) is 31.9 Å². The highest BCUT2D eigenvalue weighted by Crippen LogP contribution is 2.16. The van der Waals surface area contributed by atoms with Crippen LogP contribution in [0.15, 0.2) is 36.7 Å². The van der Waals surface area contributed by atoms with Crippen molar-refractivity contribution in [1.82, 2.24) is 14.9 Å². The number of carbonyl (C=O) groups is 1. The van der Waals surface area contributed by atoms with Gasteiger partial charge in [-0.25, -0.2) is 4.98 Å². The fourth-order valence-corrected chi connectivity index (χ4v) is 2.45. The fraction of sp³-hybridized carbons (Fsp3) is 0.333. The average Bonchev–Trinajstić information content (AvgIpc) is 2.95. The Morgan fingerprint density at radius 2 is 2.10 bits per heavy atom. The Bertz CT molecular complexity index is 613. The van der Waals surface area contributed by atoms with Gasteiger partial charge in [-0.15, -0.1) is 0 Å².